The van der Waals surface area contributed by atoms with E-state index < -0.39 is 0 Å². The molecule has 166 valence electrons. The Labute approximate surface area is 180 Å². The first-order valence-corrected chi connectivity index (χ1v) is 11.3. The summed E-state index contributed by atoms with van der Waals surface area (Å²) in [5.41, 5.74) is 2.60. The fourth-order valence-corrected chi connectivity index (χ4v) is 5.41. The molecule has 0 unspecified atom stereocenters. The minimum absolute atomic E-state index is 0.0785. The zero-order valence-corrected chi connectivity index (χ0v) is 18.7. The van der Waals surface area contributed by atoms with Crippen LogP contribution in [0.25, 0.3) is 0 Å². The molecule has 7 nitrogen and oxygen atoms in total. The number of benzene rings is 1. The summed E-state index contributed by atoms with van der Waals surface area (Å²) in [5.74, 6) is 0.628. The van der Waals surface area contributed by atoms with Crippen LogP contribution < -0.4 is 15.0 Å². The van der Waals surface area contributed by atoms with Crippen molar-refractivity contribution in [3.05, 3.63) is 23.8 Å². The summed E-state index contributed by atoms with van der Waals surface area (Å²) in [6.45, 7) is 8.96. The number of likely N-dealkylation sites (N-methyl/N-ethyl adjacent to an activating group) is 2. The molecule has 0 aromatic heterocycles. The van der Waals surface area contributed by atoms with E-state index in [2.05, 4.69) is 53.2 Å². The number of nitrogens with zero attached hydrogens (tertiary/aromatic N) is 3. The largest absolute Gasteiger partial charge is 0.412 e. The first kappa shape index (κ1) is 21.4. The summed E-state index contributed by atoms with van der Waals surface area (Å²) in [6, 6.07) is 6.05. The maximum atomic E-state index is 12.2. The fourth-order valence-electron chi connectivity index (χ4n) is 5.41. The lowest BCUT2D eigenvalue weighted by Crippen LogP contribution is -2.45. The number of ether oxygens (including phenoxy) is 2. The van der Waals surface area contributed by atoms with Gasteiger partial charge in [0.1, 0.15) is 5.75 Å². The Hall–Kier alpha value is -1.83. The Morgan fingerprint density at radius 3 is 2.80 bits per heavy atom. The summed E-state index contributed by atoms with van der Waals surface area (Å²) >= 11 is 0. The highest BCUT2D eigenvalue weighted by Gasteiger charge is 2.52. The second-order valence-electron chi connectivity index (χ2n) is 9.14. The van der Waals surface area contributed by atoms with Crippen LogP contribution in [0.4, 0.5) is 10.5 Å². The maximum absolute atomic E-state index is 12.2. The molecule has 30 heavy (non-hydrogen) atoms. The van der Waals surface area contributed by atoms with E-state index in [-0.39, 0.29) is 11.5 Å². The number of unbranched alkanes of at least 4 members (excludes halogenated alkanes) is 2. The Kier molecular flexibility index (Phi) is 6.51. The van der Waals surface area contributed by atoms with Crippen LogP contribution in [0.2, 0.25) is 0 Å². The molecule has 1 aromatic rings. The van der Waals surface area contributed by atoms with E-state index in [1.54, 1.807) is 0 Å². The number of morpholine rings is 1. The molecule has 0 bridgehead atoms. The SMILES string of the molecule is CN1CC[C@@]2(C)c3cc(OC(=O)NCCCCCN4CCOCC4)ccc3N(C)[C@@H]12. The van der Waals surface area contributed by atoms with Crippen LogP contribution >= 0.6 is 0 Å². The molecule has 0 aliphatic carbocycles. The highest BCUT2D eigenvalue weighted by Crippen LogP contribution is 2.51. The van der Waals surface area contributed by atoms with Gasteiger partial charge in [0.2, 0.25) is 0 Å². The lowest BCUT2D eigenvalue weighted by molar-refractivity contribution is 0.0371. The van der Waals surface area contributed by atoms with Crippen molar-refractivity contribution in [2.45, 2.75) is 44.2 Å². The molecule has 2 atom stereocenters. The van der Waals surface area contributed by atoms with Gasteiger partial charge in [-0.05, 0) is 56.6 Å². The Morgan fingerprint density at radius 2 is 2.00 bits per heavy atom. The van der Waals surface area contributed by atoms with E-state index in [4.69, 9.17) is 9.47 Å². The minimum Gasteiger partial charge on any atom is -0.410 e. The second kappa shape index (κ2) is 9.12. The van der Waals surface area contributed by atoms with Crippen molar-refractivity contribution in [1.29, 1.82) is 0 Å². The molecule has 0 radical (unpaired) electrons. The molecule has 1 aromatic carbocycles. The lowest BCUT2D eigenvalue weighted by Gasteiger charge is -2.32. The standard InChI is InChI=1S/C23H36N4O3/c1-23-9-12-25(2)21(23)26(3)20-8-7-18(17-19(20)23)30-22(28)24-10-5-4-6-11-27-13-15-29-16-14-27/h7-8,17,21H,4-6,9-16H2,1-3H3,(H,24,28)/t21-,23+/m1/s1. The van der Waals surface area contributed by atoms with Gasteiger partial charge in [-0.3, -0.25) is 9.80 Å². The minimum atomic E-state index is -0.361. The first-order chi connectivity index (χ1) is 14.5. The molecule has 2 fully saturated rings. The number of amides is 1. The zero-order valence-electron chi connectivity index (χ0n) is 18.7. The quantitative estimate of drug-likeness (QED) is 0.690. The first-order valence-electron chi connectivity index (χ1n) is 11.3. The number of nitrogens with one attached hydrogen (secondary N) is 1. The second-order valence-corrected chi connectivity index (χ2v) is 9.14. The molecule has 0 spiro atoms. The van der Waals surface area contributed by atoms with Crippen molar-refractivity contribution in [3.8, 4) is 5.75 Å². The monoisotopic (exact) mass is 416 g/mol. The van der Waals surface area contributed by atoms with Crippen LogP contribution in [0.5, 0.6) is 5.75 Å². The van der Waals surface area contributed by atoms with Gasteiger partial charge in [0, 0.05) is 44.3 Å². The van der Waals surface area contributed by atoms with E-state index >= 15 is 0 Å². The molecule has 1 N–H and O–H groups in total. The zero-order chi connectivity index (χ0) is 21.1. The molecular weight excluding hydrogens is 380 g/mol. The molecule has 2 saturated heterocycles. The highest BCUT2D eigenvalue weighted by molar-refractivity contribution is 5.72. The Bertz CT molecular complexity index is 752. The van der Waals surface area contributed by atoms with Crippen LogP contribution in [0.3, 0.4) is 0 Å². The van der Waals surface area contributed by atoms with Crippen molar-refractivity contribution in [2.24, 2.45) is 0 Å². The third-order valence-corrected chi connectivity index (χ3v) is 7.04. The third kappa shape index (κ3) is 4.29. The number of carbonyl (C=O) groups excluding carboxylic acids is 1. The van der Waals surface area contributed by atoms with E-state index in [0.717, 1.165) is 65.1 Å². The lowest BCUT2D eigenvalue weighted by atomic mass is 9.81. The van der Waals surface area contributed by atoms with Crippen molar-refractivity contribution in [2.75, 3.05) is 64.9 Å². The average Bonchev–Trinajstić information content (AvgIpc) is 3.17. The topological polar surface area (TPSA) is 57.3 Å². The van der Waals surface area contributed by atoms with Gasteiger partial charge in [-0.1, -0.05) is 13.3 Å². The molecule has 1 amide bonds. The van der Waals surface area contributed by atoms with Gasteiger partial charge >= 0.3 is 6.09 Å². The number of carbonyl (C=O) groups is 1. The summed E-state index contributed by atoms with van der Waals surface area (Å²) in [7, 11) is 4.34. The molecular formula is C23H36N4O3. The Balaban J connectivity index is 1.22. The normalized spacial score (nSPS) is 26.5. The van der Waals surface area contributed by atoms with E-state index in [1.807, 2.05) is 6.07 Å². The summed E-state index contributed by atoms with van der Waals surface area (Å²) < 4.78 is 11.0. The smallest absolute Gasteiger partial charge is 0.410 e. The molecule has 4 rings (SSSR count). The summed E-state index contributed by atoms with van der Waals surface area (Å²) in [5, 5.41) is 2.90. The van der Waals surface area contributed by atoms with Crippen LogP contribution in [-0.2, 0) is 10.2 Å². The number of hydrogen-bond acceptors (Lipinski definition) is 6. The number of anilines is 1. The number of rotatable bonds is 7. The summed E-state index contributed by atoms with van der Waals surface area (Å²) in [4.78, 5) is 19.4. The predicted molar refractivity (Wildman–Crippen MR) is 118 cm³/mol. The van der Waals surface area contributed by atoms with Gasteiger partial charge in [-0.15, -0.1) is 0 Å². The predicted octanol–water partition coefficient (Wildman–Crippen LogP) is 2.65. The third-order valence-electron chi connectivity index (χ3n) is 7.04. The molecule has 0 saturated carbocycles. The van der Waals surface area contributed by atoms with Crippen molar-refractivity contribution >= 4 is 11.8 Å². The van der Waals surface area contributed by atoms with Gasteiger partial charge in [0.05, 0.1) is 19.4 Å². The number of fused-ring (bicyclic) bond motifs is 3. The fraction of sp³-hybridized carbons (Fsp3) is 0.696. The van der Waals surface area contributed by atoms with E-state index in [0.29, 0.717) is 18.5 Å². The number of hydrogen-bond donors (Lipinski definition) is 1. The molecule has 7 heteroatoms. The van der Waals surface area contributed by atoms with Gasteiger partial charge in [-0.2, -0.15) is 0 Å². The summed E-state index contributed by atoms with van der Waals surface area (Å²) in [6.07, 6.45) is 4.36. The Morgan fingerprint density at radius 1 is 1.20 bits per heavy atom. The van der Waals surface area contributed by atoms with Gasteiger partial charge in [0.15, 0.2) is 0 Å². The van der Waals surface area contributed by atoms with E-state index in [9.17, 15) is 4.79 Å². The van der Waals surface area contributed by atoms with Crippen molar-refractivity contribution in [1.82, 2.24) is 15.1 Å². The van der Waals surface area contributed by atoms with Crippen molar-refractivity contribution < 1.29 is 14.3 Å². The van der Waals surface area contributed by atoms with Gasteiger partial charge < -0.3 is 19.7 Å². The van der Waals surface area contributed by atoms with Crippen LogP contribution in [0.15, 0.2) is 18.2 Å². The maximum Gasteiger partial charge on any atom is 0.412 e. The van der Waals surface area contributed by atoms with Crippen molar-refractivity contribution in [3.63, 3.8) is 0 Å². The molecule has 3 aliphatic heterocycles. The van der Waals surface area contributed by atoms with E-state index in [1.165, 1.54) is 11.3 Å². The molecule has 3 heterocycles. The van der Waals surface area contributed by atoms with Crippen LogP contribution in [0, 0.1) is 0 Å². The average molecular weight is 417 g/mol. The number of likely N-dealkylation sites (tertiary alicyclic amines) is 1. The van der Waals surface area contributed by atoms with Gasteiger partial charge in [0.25, 0.3) is 0 Å². The van der Waals surface area contributed by atoms with Gasteiger partial charge in [-0.25, -0.2) is 4.79 Å². The van der Waals surface area contributed by atoms with Crippen LogP contribution in [-0.4, -0.2) is 82.1 Å². The van der Waals surface area contributed by atoms with Crippen LogP contribution in [0.1, 0.15) is 38.2 Å². The highest BCUT2D eigenvalue weighted by atomic mass is 16.6. The molecule has 3 aliphatic rings.